The fourth-order valence-corrected chi connectivity index (χ4v) is 2.92. The third kappa shape index (κ3) is 2.26. The fraction of sp³-hybridized carbons (Fsp3) is 0. The Morgan fingerprint density at radius 2 is 1.89 bits per heavy atom. The Hall–Kier alpha value is -1.04. The van der Waals surface area contributed by atoms with Gasteiger partial charge in [0.05, 0.1) is 16.7 Å². The van der Waals surface area contributed by atoms with Crippen LogP contribution in [0.15, 0.2) is 45.3 Å². The smallest absolute Gasteiger partial charge is 0.205 e. The molecule has 0 fully saturated rings. The summed E-state index contributed by atoms with van der Waals surface area (Å²) in [5.41, 5.74) is 8.66. The number of halogens is 3. The monoisotopic (exact) mass is 399 g/mol. The van der Waals surface area contributed by atoms with E-state index in [1.165, 1.54) is 0 Å². The lowest BCUT2D eigenvalue weighted by Crippen LogP contribution is -2.01. The van der Waals surface area contributed by atoms with E-state index in [0.29, 0.717) is 11.0 Å². The molecule has 0 aliphatic rings. The third-order valence-corrected chi connectivity index (χ3v) is 4.19. The Morgan fingerprint density at radius 3 is 2.68 bits per heavy atom. The summed E-state index contributed by atoms with van der Waals surface area (Å²) in [6.45, 7) is 0. The van der Waals surface area contributed by atoms with Crippen LogP contribution >= 0.6 is 43.5 Å². The van der Waals surface area contributed by atoms with Crippen molar-refractivity contribution in [1.82, 2.24) is 9.55 Å². The van der Waals surface area contributed by atoms with Crippen LogP contribution in [0, 0.1) is 0 Å². The van der Waals surface area contributed by atoms with Gasteiger partial charge in [0.15, 0.2) is 0 Å². The molecule has 2 N–H and O–H groups in total. The standard InChI is InChI=1S/C13H8Br2ClN3/c14-7-1-4-11-10(5-7)18-13(17)19(11)12-6-8(16)2-3-9(12)15/h1-6H,(H2,17,18). The topological polar surface area (TPSA) is 43.8 Å². The lowest BCUT2D eigenvalue weighted by atomic mass is 10.3. The molecular formula is C13H8Br2ClN3. The second-order valence-electron chi connectivity index (χ2n) is 4.03. The summed E-state index contributed by atoms with van der Waals surface area (Å²) in [5, 5.41) is 0.650. The summed E-state index contributed by atoms with van der Waals surface area (Å²) in [7, 11) is 0. The maximum atomic E-state index is 6.06. The van der Waals surface area contributed by atoms with Crippen molar-refractivity contribution in [3.05, 3.63) is 50.4 Å². The van der Waals surface area contributed by atoms with Gasteiger partial charge in [0.25, 0.3) is 0 Å². The predicted octanol–water partition coefficient (Wildman–Crippen LogP) is 4.79. The zero-order chi connectivity index (χ0) is 13.6. The molecule has 6 heteroatoms. The first-order valence-electron chi connectivity index (χ1n) is 5.45. The van der Waals surface area contributed by atoms with Gasteiger partial charge in [-0.1, -0.05) is 27.5 Å². The largest absolute Gasteiger partial charge is 0.369 e. The minimum atomic E-state index is 0.427. The van der Waals surface area contributed by atoms with Gasteiger partial charge in [-0.2, -0.15) is 0 Å². The fourth-order valence-electron chi connectivity index (χ4n) is 1.98. The van der Waals surface area contributed by atoms with Crippen LogP contribution in [0.2, 0.25) is 5.02 Å². The van der Waals surface area contributed by atoms with Crippen molar-refractivity contribution in [3.63, 3.8) is 0 Å². The van der Waals surface area contributed by atoms with Crippen LogP contribution < -0.4 is 5.73 Å². The number of aromatic nitrogens is 2. The summed E-state index contributed by atoms with van der Waals surface area (Å²) < 4.78 is 3.75. The van der Waals surface area contributed by atoms with Gasteiger partial charge in [0, 0.05) is 14.0 Å². The van der Waals surface area contributed by atoms with Crippen LogP contribution in [0.25, 0.3) is 16.7 Å². The van der Waals surface area contributed by atoms with E-state index in [9.17, 15) is 0 Å². The first kappa shape index (κ1) is 13.0. The minimum absolute atomic E-state index is 0.427. The normalized spacial score (nSPS) is 11.1. The van der Waals surface area contributed by atoms with Crippen molar-refractivity contribution in [2.45, 2.75) is 0 Å². The lowest BCUT2D eigenvalue weighted by molar-refractivity contribution is 1.10. The van der Waals surface area contributed by atoms with Gasteiger partial charge in [-0.25, -0.2) is 4.98 Å². The third-order valence-electron chi connectivity index (χ3n) is 2.79. The van der Waals surface area contributed by atoms with E-state index in [0.717, 1.165) is 25.7 Å². The number of nitrogens with zero attached hydrogens (tertiary/aromatic N) is 2. The maximum absolute atomic E-state index is 6.06. The average molecular weight is 401 g/mol. The highest BCUT2D eigenvalue weighted by molar-refractivity contribution is 9.10. The molecule has 0 aliphatic carbocycles. The SMILES string of the molecule is Nc1nc2cc(Br)ccc2n1-c1cc(Cl)ccc1Br. The zero-order valence-corrected chi connectivity index (χ0v) is 13.5. The summed E-state index contributed by atoms with van der Waals surface area (Å²) in [6.07, 6.45) is 0. The first-order valence-corrected chi connectivity index (χ1v) is 7.41. The maximum Gasteiger partial charge on any atom is 0.205 e. The van der Waals surface area contributed by atoms with Gasteiger partial charge in [0.1, 0.15) is 0 Å². The lowest BCUT2D eigenvalue weighted by Gasteiger charge is -2.09. The first-order chi connectivity index (χ1) is 9.06. The molecular weight excluding hydrogens is 393 g/mol. The Kier molecular flexibility index (Phi) is 3.28. The second-order valence-corrected chi connectivity index (χ2v) is 6.24. The van der Waals surface area contributed by atoms with Gasteiger partial charge in [0.2, 0.25) is 5.95 Å². The highest BCUT2D eigenvalue weighted by Crippen LogP contribution is 2.31. The predicted molar refractivity (Wildman–Crippen MR) is 85.9 cm³/mol. The number of nitrogen functional groups attached to an aromatic ring is 1. The quantitative estimate of drug-likeness (QED) is 0.637. The van der Waals surface area contributed by atoms with Crippen molar-refractivity contribution in [2.24, 2.45) is 0 Å². The Bertz CT molecular complexity index is 783. The van der Waals surface area contributed by atoms with Gasteiger partial charge >= 0.3 is 0 Å². The molecule has 0 saturated heterocycles. The van der Waals surface area contributed by atoms with Gasteiger partial charge < -0.3 is 5.73 Å². The summed E-state index contributed by atoms with van der Waals surface area (Å²) >= 11 is 13.0. The van der Waals surface area contributed by atoms with Crippen molar-refractivity contribution in [3.8, 4) is 5.69 Å². The number of anilines is 1. The molecule has 0 saturated carbocycles. The molecule has 96 valence electrons. The van der Waals surface area contributed by atoms with Gasteiger partial charge in [-0.05, 0) is 52.3 Å². The van der Waals surface area contributed by atoms with E-state index in [1.54, 1.807) is 0 Å². The van der Waals surface area contributed by atoms with E-state index >= 15 is 0 Å². The molecule has 0 atom stereocenters. The van der Waals surface area contributed by atoms with Crippen molar-refractivity contribution in [2.75, 3.05) is 5.73 Å². The molecule has 2 aromatic carbocycles. The van der Waals surface area contributed by atoms with E-state index in [-0.39, 0.29) is 0 Å². The Labute approximate surface area is 131 Å². The summed E-state index contributed by atoms with van der Waals surface area (Å²) in [4.78, 5) is 4.37. The highest BCUT2D eigenvalue weighted by Gasteiger charge is 2.13. The van der Waals surface area contributed by atoms with Gasteiger partial charge in [-0.15, -0.1) is 0 Å². The molecule has 0 amide bonds. The zero-order valence-electron chi connectivity index (χ0n) is 9.57. The number of fused-ring (bicyclic) bond motifs is 1. The van der Waals surface area contributed by atoms with E-state index in [1.807, 2.05) is 41.0 Å². The van der Waals surface area contributed by atoms with Crippen LogP contribution in [-0.4, -0.2) is 9.55 Å². The van der Waals surface area contributed by atoms with Crippen LogP contribution in [-0.2, 0) is 0 Å². The Morgan fingerprint density at radius 1 is 1.11 bits per heavy atom. The molecule has 0 spiro atoms. The van der Waals surface area contributed by atoms with Crippen LogP contribution in [0.3, 0.4) is 0 Å². The van der Waals surface area contributed by atoms with Crippen LogP contribution in [0.1, 0.15) is 0 Å². The molecule has 0 radical (unpaired) electrons. The molecule has 3 aromatic rings. The van der Waals surface area contributed by atoms with Crippen LogP contribution in [0.4, 0.5) is 5.95 Å². The highest BCUT2D eigenvalue weighted by atomic mass is 79.9. The number of benzene rings is 2. The van der Waals surface area contributed by atoms with E-state index < -0.39 is 0 Å². The summed E-state index contributed by atoms with van der Waals surface area (Å²) in [6, 6.07) is 11.4. The van der Waals surface area contributed by atoms with Crippen LogP contribution in [0.5, 0.6) is 0 Å². The number of nitrogens with two attached hydrogens (primary N) is 1. The Balaban J connectivity index is 2.36. The average Bonchev–Trinajstić information content (AvgIpc) is 2.67. The van der Waals surface area contributed by atoms with Crippen molar-refractivity contribution in [1.29, 1.82) is 0 Å². The minimum Gasteiger partial charge on any atom is -0.369 e. The molecule has 3 nitrogen and oxygen atoms in total. The number of hydrogen-bond donors (Lipinski definition) is 1. The van der Waals surface area contributed by atoms with Crippen molar-refractivity contribution >= 4 is 60.4 Å². The van der Waals surface area contributed by atoms with E-state index in [2.05, 4.69) is 36.8 Å². The van der Waals surface area contributed by atoms with Crippen molar-refractivity contribution < 1.29 is 0 Å². The molecule has 1 heterocycles. The van der Waals surface area contributed by atoms with Gasteiger partial charge in [-0.3, -0.25) is 4.57 Å². The molecule has 0 bridgehead atoms. The number of imidazole rings is 1. The molecule has 1 aromatic heterocycles. The number of hydrogen-bond acceptors (Lipinski definition) is 2. The molecule has 0 aliphatic heterocycles. The van der Waals surface area contributed by atoms with E-state index in [4.69, 9.17) is 17.3 Å². The summed E-state index contributed by atoms with van der Waals surface area (Å²) in [5.74, 6) is 0.427. The molecule has 3 rings (SSSR count). The number of rotatable bonds is 1. The molecule has 0 unspecified atom stereocenters. The molecule has 19 heavy (non-hydrogen) atoms. The second kappa shape index (κ2) is 4.81.